The highest BCUT2D eigenvalue weighted by atomic mass is 16.5. The molecule has 0 spiro atoms. The van der Waals surface area contributed by atoms with Crippen LogP contribution < -0.4 is 5.32 Å². The molecule has 0 bridgehead atoms. The van der Waals surface area contributed by atoms with Crippen LogP contribution in [0.15, 0.2) is 36.5 Å². The number of unbranched alkanes of at least 4 members (excludes halogenated alkanes) is 37. The van der Waals surface area contributed by atoms with Crippen molar-refractivity contribution in [2.45, 2.75) is 315 Å². The molecule has 0 rings (SSSR count). The average Bonchev–Trinajstić information content (AvgIpc) is 3.31. The van der Waals surface area contributed by atoms with Gasteiger partial charge in [0.15, 0.2) is 0 Å². The third-order valence-electron chi connectivity index (χ3n) is 13.2. The zero-order valence-corrected chi connectivity index (χ0v) is 43.5. The third kappa shape index (κ3) is 51.3. The maximum atomic E-state index is 12.5. The minimum absolute atomic E-state index is 0.0209. The fourth-order valence-electron chi connectivity index (χ4n) is 8.74. The van der Waals surface area contributed by atoms with Crippen LogP contribution in [-0.4, -0.2) is 47.4 Å². The Hall–Kier alpha value is -1.92. The minimum Gasteiger partial charge on any atom is -0.466 e. The Morgan fingerprint density at radius 3 is 1.18 bits per heavy atom. The summed E-state index contributed by atoms with van der Waals surface area (Å²) in [6.45, 7) is 4.91. The van der Waals surface area contributed by atoms with Gasteiger partial charge >= 0.3 is 5.97 Å². The average molecular weight is 915 g/mol. The predicted molar refractivity (Wildman–Crippen MR) is 283 cm³/mol. The molecular weight excluding hydrogens is 803 g/mol. The first-order valence-corrected chi connectivity index (χ1v) is 28.8. The second kappa shape index (κ2) is 54.7. The van der Waals surface area contributed by atoms with Crippen LogP contribution in [0, 0.1) is 0 Å². The summed E-state index contributed by atoms with van der Waals surface area (Å²) in [7, 11) is 0. The summed E-state index contributed by atoms with van der Waals surface area (Å²) < 4.78 is 5.45. The molecule has 2 unspecified atom stereocenters. The van der Waals surface area contributed by atoms with Crippen molar-refractivity contribution in [2.75, 3.05) is 13.2 Å². The van der Waals surface area contributed by atoms with Crippen molar-refractivity contribution in [2.24, 2.45) is 0 Å². The number of carbonyl (C=O) groups excluding carboxylic acids is 2. The Bertz CT molecular complexity index is 1060. The Morgan fingerprint density at radius 1 is 0.431 bits per heavy atom. The zero-order chi connectivity index (χ0) is 47.2. The summed E-state index contributed by atoms with van der Waals surface area (Å²) in [5.74, 6) is -0.0660. The van der Waals surface area contributed by atoms with Gasteiger partial charge in [-0.25, -0.2) is 0 Å². The Morgan fingerprint density at radius 2 is 0.769 bits per heavy atom. The highest BCUT2D eigenvalue weighted by molar-refractivity contribution is 5.76. The van der Waals surface area contributed by atoms with E-state index in [9.17, 15) is 19.8 Å². The number of allylic oxidation sites excluding steroid dienone is 6. The van der Waals surface area contributed by atoms with E-state index < -0.39 is 12.1 Å². The molecule has 2 atom stereocenters. The largest absolute Gasteiger partial charge is 0.466 e. The Balaban J connectivity index is 3.47. The van der Waals surface area contributed by atoms with Gasteiger partial charge in [0.2, 0.25) is 5.91 Å². The highest BCUT2D eigenvalue weighted by Gasteiger charge is 2.20. The van der Waals surface area contributed by atoms with Crippen molar-refractivity contribution in [3.63, 3.8) is 0 Å². The molecule has 3 N–H and O–H groups in total. The molecule has 6 nitrogen and oxygen atoms in total. The number of rotatable bonds is 53. The number of esters is 1. The van der Waals surface area contributed by atoms with E-state index in [2.05, 4.69) is 55.6 Å². The fraction of sp³-hybridized carbons (Fsp3) is 0.864. The van der Waals surface area contributed by atoms with Gasteiger partial charge in [0.1, 0.15) is 0 Å². The number of aliphatic hydroxyl groups excluding tert-OH is 2. The summed E-state index contributed by atoms with van der Waals surface area (Å²) in [5, 5.41) is 23.2. The van der Waals surface area contributed by atoms with Crippen LogP contribution in [0.25, 0.3) is 0 Å². The minimum atomic E-state index is -0.671. The lowest BCUT2D eigenvalue weighted by Gasteiger charge is -2.22. The molecule has 0 aromatic carbocycles. The van der Waals surface area contributed by atoms with Crippen molar-refractivity contribution in [1.29, 1.82) is 0 Å². The standard InChI is InChI=1S/C59H111NO5/c1-3-5-7-9-11-13-15-17-18-25-29-33-37-41-45-49-53-59(64)65-54-50-46-42-38-34-30-26-23-21-19-20-22-24-28-32-36-40-44-48-52-58(63)60-56(55-61)57(62)51-47-43-39-35-31-27-16-14-12-10-8-6-4-2/h18,23,25-26,30,34,56-57,61-62H,3-17,19-22,24,27-29,31-33,35-55H2,1-2H3,(H,60,63)/b25-18-,26-23-,34-30-. The summed E-state index contributed by atoms with van der Waals surface area (Å²) >= 11 is 0. The zero-order valence-electron chi connectivity index (χ0n) is 43.5. The molecule has 0 radical (unpaired) electrons. The highest BCUT2D eigenvalue weighted by Crippen LogP contribution is 2.16. The van der Waals surface area contributed by atoms with Gasteiger partial charge in [-0.15, -0.1) is 0 Å². The van der Waals surface area contributed by atoms with Gasteiger partial charge in [-0.1, -0.05) is 243 Å². The first-order chi connectivity index (χ1) is 32.0. The molecule has 0 heterocycles. The van der Waals surface area contributed by atoms with E-state index in [1.165, 1.54) is 199 Å². The molecule has 0 aromatic rings. The fourth-order valence-corrected chi connectivity index (χ4v) is 8.74. The molecule has 0 saturated heterocycles. The molecular formula is C59H111NO5. The molecule has 0 aliphatic heterocycles. The SMILES string of the molecule is CCCCCCCCC/C=C\CCCCCCCC(=O)OCCCCC/C=C\C=C/CCCCCCCCCCCCC(=O)NC(CO)C(O)CCCCCCCCCCCCCCC. The third-order valence-corrected chi connectivity index (χ3v) is 13.2. The molecule has 0 aromatic heterocycles. The summed E-state index contributed by atoms with van der Waals surface area (Å²) in [6.07, 6.45) is 67.1. The summed E-state index contributed by atoms with van der Waals surface area (Å²) in [4.78, 5) is 24.5. The van der Waals surface area contributed by atoms with Crippen LogP contribution in [0.3, 0.4) is 0 Å². The first kappa shape index (κ1) is 63.1. The van der Waals surface area contributed by atoms with Gasteiger partial charge in [-0.3, -0.25) is 9.59 Å². The maximum absolute atomic E-state index is 12.5. The van der Waals surface area contributed by atoms with E-state index in [1.54, 1.807) is 0 Å². The second-order valence-corrected chi connectivity index (χ2v) is 19.6. The molecule has 1 amide bonds. The van der Waals surface area contributed by atoms with Crippen LogP contribution in [-0.2, 0) is 14.3 Å². The van der Waals surface area contributed by atoms with Gasteiger partial charge in [0, 0.05) is 12.8 Å². The van der Waals surface area contributed by atoms with Crippen molar-refractivity contribution in [1.82, 2.24) is 5.32 Å². The number of amides is 1. The lowest BCUT2D eigenvalue weighted by Crippen LogP contribution is -2.45. The van der Waals surface area contributed by atoms with E-state index in [1.807, 2.05) is 0 Å². The molecule has 382 valence electrons. The maximum Gasteiger partial charge on any atom is 0.305 e. The van der Waals surface area contributed by atoms with Gasteiger partial charge < -0.3 is 20.3 Å². The van der Waals surface area contributed by atoms with Crippen molar-refractivity contribution in [3.05, 3.63) is 36.5 Å². The number of nitrogens with one attached hydrogen (secondary N) is 1. The predicted octanol–water partition coefficient (Wildman–Crippen LogP) is 17.6. The molecule has 0 saturated carbocycles. The first-order valence-electron chi connectivity index (χ1n) is 28.8. The van der Waals surface area contributed by atoms with E-state index >= 15 is 0 Å². The van der Waals surface area contributed by atoms with Crippen LogP contribution in [0.1, 0.15) is 303 Å². The van der Waals surface area contributed by atoms with E-state index in [-0.39, 0.29) is 18.5 Å². The number of carbonyl (C=O) groups is 2. The summed E-state index contributed by atoms with van der Waals surface area (Å²) in [6, 6.07) is -0.549. The van der Waals surface area contributed by atoms with Crippen molar-refractivity contribution < 1.29 is 24.5 Å². The van der Waals surface area contributed by atoms with Crippen LogP contribution in [0.5, 0.6) is 0 Å². The lowest BCUT2D eigenvalue weighted by atomic mass is 10.0. The number of hydrogen-bond acceptors (Lipinski definition) is 5. The quantitative estimate of drug-likeness (QED) is 0.0244. The number of ether oxygens (including phenoxy) is 1. The van der Waals surface area contributed by atoms with Crippen molar-refractivity contribution in [3.8, 4) is 0 Å². The van der Waals surface area contributed by atoms with Gasteiger partial charge in [0.25, 0.3) is 0 Å². The smallest absolute Gasteiger partial charge is 0.305 e. The number of aliphatic hydroxyl groups is 2. The molecule has 65 heavy (non-hydrogen) atoms. The lowest BCUT2D eigenvalue weighted by molar-refractivity contribution is -0.143. The number of hydrogen-bond donors (Lipinski definition) is 3. The molecule has 0 aliphatic carbocycles. The molecule has 6 heteroatoms. The monoisotopic (exact) mass is 914 g/mol. The van der Waals surface area contributed by atoms with Crippen LogP contribution in [0.4, 0.5) is 0 Å². The van der Waals surface area contributed by atoms with Crippen molar-refractivity contribution >= 4 is 11.9 Å². The van der Waals surface area contributed by atoms with Crippen LogP contribution in [0.2, 0.25) is 0 Å². The van der Waals surface area contributed by atoms with Gasteiger partial charge in [0.05, 0.1) is 25.4 Å². The summed E-state index contributed by atoms with van der Waals surface area (Å²) in [5.41, 5.74) is 0. The topological polar surface area (TPSA) is 95.9 Å². The second-order valence-electron chi connectivity index (χ2n) is 19.6. The van der Waals surface area contributed by atoms with E-state index in [4.69, 9.17) is 4.74 Å². The Labute approximate surface area is 404 Å². The molecule has 0 fully saturated rings. The Kier molecular flexibility index (Phi) is 53.1. The normalized spacial score (nSPS) is 12.9. The van der Waals surface area contributed by atoms with Gasteiger partial charge in [-0.05, 0) is 83.5 Å². The van der Waals surface area contributed by atoms with E-state index in [0.717, 1.165) is 70.6 Å². The van der Waals surface area contributed by atoms with Gasteiger partial charge in [-0.2, -0.15) is 0 Å². The van der Waals surface area contributed by atoms with Crippen LogP contribution >= 0.6 is 0 Å². The molecule has 0 aliphatic rings. The van der Waals surface area contributed by atoms with E-state index in [0.29, 0.717) is 25.9 Å².